The summed E-state index contributed by atoms with van der Waals surface area (Å²) < 4.78 is 39.6. The van der Waals surface area contributed by atoms with Gasteiger partial charge in [0.2, 0.25) is 6.79 Å². The van der Waals surface area contributed by atoms with Crippen molar-refractivity contribution in [3.63, 3.8) is 0 Å². The van der Waals surface area contributed by atoms with E-state index in [0.29, 0.717) is 35.1 Å². The Hall–Kier alpha value is -3.52. The van der Waals surface area contributed by atoms with Crippen LogP contribution in [0, 0.1) is 11.6 Å². The molecule has 0 amide bonds. The Labute approximate surface area is 181 Å². The Morgan fingerprint density at radius 3 is 2.68 bits per heavy atom. The first-order valence-corrected chi connectivity index (χ1v) is 10.4. The Morgan fingerprint density at radius 1 is 1.00 bits per heavy atom. The van der Waals surface area contributed by atoms with Gasteiger partial charge < -0.3 is 14.4 Å². The third-order valence-electron chi connectivity index (χ3n) is 4.88. The highest BCUT2D eigenvalue weighted by Gasteiger charge is 2.20. The highest BCUT2D eigenvalue weighted by molar-refractivity contribution is 7.22. The fourth-order valence-corrected chi connectivity index (χ4v) is 4.58. The number of hydrogen-bond acceptors (Lipinski definition) is 6. The predicted octanol–water partition coefficient (Wildman–Crippen LogP) is 5.49. The molecule has 2 aromatic heterocycles. The maximum absolute atomic E-state index is 14.4. The molecule has 156 valence electrons. The fourth-order valence-electron chi connectivity index (χ4n) is 3.44. The molecule has 0 atom stereocenters. The predicted molar refractivity (Wildman–Crippen MR) is 115 cm³/mol. The third kappa shape index (κ3) is 4.06. The lowest BCUT2D eigenvalue weighted by Gasteiger charge is -2.24. The summed E-state index contributed by atoms with van der Waals surface area (Å²) >= 11 is 1.33. The molecule has 1 aliphatic rings. The summed E-state index contributed by atoms with van der Waals surface area (Å²) in [6.45, 7) is 1.22. The van der Waals surface area contributed by atoms with Gasteiger partial charge in [-0.2, -0.15) is 0 Å². The van der Waals surface area contributed by atoms with Crippen LogP contribution >= 0.6 is 11.3 Å². The summed E-state index contributed by atoms with van der Waals surface area (Å²) in [4.78, 5) is 11.5. The summed E-state index contributed by atoms with van der Waals surface area (Å²) in [6, 6.07) is 15.2. The average Bonchev–Trinajstić information content (AvgIpc) is 3.45. The van der Waals surface area contributed by atoms with E-state index in [1.807, 2.05) is 30.3 Å². The molecule has 3 heterocycles. The maximum atomic E-state index is 14.4. The Kier molecular flexibility index (Phi) is 5.21. The molecular weight excluding hydrogens is 420 g/mol. The van der Waals surface area contributed by atoms with Crippen molar-refractivity contribution < 1.29 is 18.3 Å². The SMILES string of the molecule is Fc1ccc(F)c(-c2cc3ncnc(N(CC4=COCO4)Cc4ccccc4)c3s2)c1. The summed E-state index contributed by atoms with van der Waals surface area (Å²) in [5.74, 6) is 0.412. The molecule has 0 fully saturated rings. The van der Waals surface area contributed by atoms with E-state index in [4.69, 9.17) is 9.47 Å². The van der Waals surface area contributed by atoms with E-state index in [-0.39, 0.29) is 12.4 Å². The maximum Gasteiger partial charge on any atom is 0.229 e. The minimum absolute atomic E-state index is 0.190. The van der Waals surface area contributed by atoms with Gasteiger partial charge in [0.15, 0.2) is 11.6 Å². The van der Waals surface area contributed by atoms with Crippen LogP contribution in [0.2, 0.25) is 0 Å². The summed E-state index contributed by atoms with van der Waals surface area (Å²) in [5, 5.41) is 0. The molecule has 1 aliphatic heterocycles. The molecule has 0 spiro atoms. The zero-order chi connectivity index (χ0) is 21.2. The number of anilines is 1. The lowest BCUT2D eigenvalue weighted by atomic mass is 10.1. The van der Waals surface area contributed by atoms with Gasteiger partial charge in [-0.3, -0.25) is 0 Å². The molecule has 0 N–H and O–H groups in total. The first-order valence-electron chi connectivity index (χ1n) is 9.59. The van der Waals surface area contributed by atoms with Gasteiger partial charge in [-0.1, -0.05) is 30.3 Å². The lowest BCUT2D eigenvalue weighted by Crippen LogP contribution is -2.26. The zero-order valence-corrected chi connectivity index (χ0v) is 17.1. The van der Waals surface area contributed by atoms with Crippen molar-refractivity contribution in [1.29, 1.82) is 0 Å². The molecule has 5 rings (SSSR count). The number of benzene rings is 2. The van der Waals surface area contributed by atoms with Crippen LogP contribution in [0.15, 0.2) is 72.9 Å². The van der Waals surface area contributed by atoms with Crippen LogP contribution in [0.25, 0.3) is 20.7 Å². The van der Waals surface area contributed by atoms with Crippen LogP contribution < -0.4 is 4.90 Å². The van der Waals surface area contributed by atoms with Crippen LogP contribution in [0.3, 0.4) is 0 Å². The number of thiophene rings is 1. The van der Waals surface area contributed by atoms with E-state index in [9.17, 15) is 8.78 Å². The van der Waals surface area contributed by atoms with Gasteiger partial charge >= 0.3 is 0 Å². The number of hydrogen-bond donors (Lipinski definition) is 0. The van der Waals surface area contributed by atoms with Crippen molar-refractivity contribution >= 4 is 27.4 Å². The molecule has 4 aromatic rings. The largest absolute Gasteiger partial charge is 0.462 e. The molecule has 0 unspecified atom stereocenters. The second-order valence-corrected chi connectivity index (χ2v) is 8.05. The molecule has 2 aromatic carbocycles. The van der Waals surface area contributed by atoms with Gasteiger partial charge in [-0.05, 0) is 29.8 Å². The quantitative estimate of drug-likeness (QED) is 0.399. The molecular formula is C23H17F2N3O2S. The van der Waals surface area contributed by atoms with Gasteiger partial charge in [-0.25, -0.2) is 18.7 Å². The molecule has 8 heteroatoms. The Balaban J connectivity index is 1.58. The second kappa shape index (κ2) is 8.31. The fraction of sp³-hybridized carbons (Fsp3) is 0.130. The van der Waals surface area contributed by atoms with Crippen molar-refractivity contribution in [2.45, 2.75) is 6.54 Å². The van der Waals surface area contributed by atoms with Gasteiger partial charge in [0.05, 0.1) is 16.8 Å². The monoisotopic (exact) mass is 437 g/mol. The highest BCUT2D eigenvalue weighted by atomic mass is 32.1. The van der Waals surface area contributed by atoms with Crippen molar-refractivity contribution in [1.82, 2.24) is 9.97 Å². The Morgan fingerprint density at radius 2 is 1.87 bits per heavy atom. The molecule has 0 radical (unpaired) electrons. The van der Waals surface area contributed by atoms with Crippen molar-refractivity contribution in [3.05, 3.63) is 90.1 Å². The van der Waals surface area contributed by atoms with Crippen molar-refractivity contribution in [3.8, 4) is 10.4 Å². The first-order chi connectivity index (χ1) is 15.2. The van der Waals surface area contributed by atoms with Crippen LogP contribution in [0.1, 0.15) is 5.56 Å². The normalized spacial score (nSPS) is 13.0. The van der Waals surface area contributed by atoms with Crippen molar-refractivity contribution in [2.24, 2.45) is 0 Å². The number of rotatable bonds is 6. The summed E-state index contributed by atoms with van der Waals surface area (Å²) in [5.41, 5.74) is 1.98. The van der Waals surface area contributed by atoms with Crippen LogP contribution in [0.5, 0.6) is 0 Å². The topological polar surface area (TPSA) is 47.5 Å². The van der Waals surface area contributed by atoms with Crippen LogP contribution in [0.4, 0.5) is 14.6 Å². The number of halogens is 2. The standard InChI is InChI=1S/C23H17F2N3O2S/c24-16-6-7-19(25)18(8-16)21-9-20-22(31-21)23(27-13-26-20)28(11-17-12-29-14-30-17)10-15-4-2-1-3-5-15/h1-9,12-13H,10-11,14H2. The van der Waals surface area contributed by atoms with E-state index in [2.05, 4.69) is 14.9 Å². The zero-order valence-electron chi connectivity index (χ0n) is 16.3. The molecule has 0 saturated carbocycles. The van der Waals surface area contributed by atoms with Crippen LogP contribution in [-0.2, 0) is 16.0 Å². The molecule has 0 bridgehead atoms. The van der Waals surface area contributed by atoms with Gasteiger partial charge in [0.1, 0.15) is 24.2 Å². The van der Waals surface area contributed by atoms with E-state index < -0.39 is 11.6 Å². The van der Waals surface area contributed by atoms with Crippen LogP contribution in [-0.4, -0.2) is 23.3 Å². The van der Waals surface area contributed by atoms with E-state index >= 15 is 0 Å². The molecule has 5 nitrogen and oxygen atoms in total. The average molecular weight is 437 g/mol. The summed E-state index contributed by atoms with van der Waals surface area (Å²) in [6.07, 6.45) is 3.08. The second-order valence-electron chi connectivity index (χ2n) is 7.00. The highest BCUT2D eigenvalue weighted by Crippen LogP contribution is 2.38. The van der Waals surface area contributed by atoms with Gasteiger partial charge in [-0.15, -0.1) is 11.3 Å². The van der Waals surface area contributed by atoms with E-state index in [1.54, 1.807) is 12.3 Å². The summed E-state index contributed by atoms with van der Waals surface area (Å²) in [7, 11) is 0. The number of aromatic nitrogens is 2. The van der Waals surface area contributed by atoms with Gasteiger partial charge in [0, 0.05) is 17.0 Å². The molecule has 31 heavy (non-hydrogen) atoms. The smallest absolute Gasteiger partial charge is 0.229 e. The molecule has 0 saturated heterocycles. The van der Waals surface area contributed by atoms with E-state index in [1.165, 1.54) is 23.7 Å². The minimum Gasteiger partial charge on any atom is -0.462 e. The van der Waals surface area contributed by atoms with Gasteiger partial charge in [0.25, 0.3) is 0 Å². The van der Waals surface area contributed by atoms with Crippen molar-refractivity contribution in [2.75, 3.05) is 18.2 Å². The minimum atomic E-state index is -0.490. The number of nitrogens with zero attached hydrogens (tertiary/aromatic N) is 3. The Bertz CT molecular complexity index is 1260. The number of ether oxygens (including phenoxy) is 2. The van der Waals surface area contributed by atoms with E-state index in [0.717, 1.165) is 22.4 Å². The molecule has 0 aliphatic carbocycles. The first kappa shape index (κ1) is 19.4. The third-order valence-corrected chi connectivity index (χ3v) is 6.03. The number of fused-ring (bicyclic) bond motifs is 1. The lowest BCUT2D eigenvalue weighted by molar-refractivity contribution is 0.0797.